The minimum absolute atomic E-state index is 0.0470. The topological polar surface area (TPSA) is 80.5 Å². The largest absolute Gasteiger partial charge is 0.334 e. The number of rotatable bonds is 6. The molecule has 1 saturated heterocycles. The van der Waals surface area contributed by atoms with E-state index in [2.05, 4.69) is 6.58 Å². The highest BCUT2D eigenvalue weighted by Gasteiger charge is 2.35. The zero-order chi connectivity index (χ0) is 13.8. The van der Waals surface area contributed by atoms with E-state index < -0.39 is 15.9 Å². The summed E-state index contributed by atoms with van der Waals surface area (Å²) in [5.74, 6) is 0.0337. The average molecular weight is 274 g/mol. The Labute approximate surface area is 109 Å². The molecule has 0 aromatic rings. The number of nitrogens with zero attached hydrogens (tertiary/aromatic N) is 1. The van der Waals surface area contributed by atoms with E-state index in [0.29, 0.717) is 19.4 Å². The van der Waals surface area contributed by atoms with Crippen molar-refractivity contribution in [3.8, 4) is 0 Å². The molecular formula is C12H22N2O3S. The Bertz CT molecular complexity index is 406. The first kappa shape index (κ1) is 15.2. The molecule has 0 saturated carbocycles. The van der Waals surface area contributed by atoms with E-state index >= 15 is 0 Å². The van der Waals surface area contributed by atoms with Crippen LogP contribution in [0, 0.1) is 0 Å². The van der Waals surface area contributed by atoms with Crippen molar-refractivity contribution in [3.63, 3.8) is 0 Å². The molecule has 0 aromatic heterocycles. The lowest BCUT2D eigenvalue weighted by Gasteiger charge is -2.29. The first-order valence-corrected chi connectivity index (χ1v) is 8.10. The average Bonchev–Trinajstić information content (AvgIpc) is 2.66. The second-order valence-corrected chi connectivity index (χ2v) is 6.96. The van der Waals surface area contributed by atoms with E-state index in [0.717, 1.165) is 6.42 Å². The summed E-state index contributed by atoms with van der Waals surface area (Å²) < 4.78 is 22.9. The van der Waals surface area contributed by atoms with Gasteiger partial charge in [0.1, 0.15) is 0 Å². The molecule has 0 bridgehead atoms. The monoisotopic (exact) mass is 274 g/mol. The van der Waals surface area contributed by atoms with Crippen LogP contribution >= 0.6 is 0 Å². The minimum atomic E-state index is -3.00. The maximum absolute atomic E-state index is 12.2. The highest BCUT2D eigenvalue weighted by molar-refractivity contribution is 7.91. The molecule has 1 fully saturated rings. The Balaban J connectivity index is 2.76. The molecule has 1 aliphatic heterocycles. The summed E-state index contributed by atoms with van der Waals surface area (Å²) in [6.45, 7) is 5.93. The van der Waals surface area contributed by atoms with Gasteiger partial charge in [0.25, 0.3) is 0 Å². The lowest BCUT2D eigenvalue weighted by molar-refractivity contribution is -0.134. The second-order valence-electron chi connectivity index (χ2n) is 4.73. The van der Waals surface area contributed by atoms with Crippen molar-refractivity contribution in [1.29, 1.82) is 0 Å². The number of carbonyl (C=O) groups is 1. The van der Waals surface area contributed by atoms with Crippen molar-refractivity contribution >= 4 is 15.7 Å². The fraction of sp³-hybridized carbons (Fsp3) is 0.750. The van der Waals surface area contributed by atoms with Gasteiger partial charge in [-0.2, -0.15) is 0 Å². The number of sulfone groups is 1. The molecule has 18 heavy (non-hydrogen) atoms. The standard InChI is InChI=1S/C12H22N2O3S/c1-3-5-11(13)12(15)14(7-4-2)10-6-8-18(16,17)9-10/h4,10-11H,2-3,5-9,13H2,1H3. The third kappa shape index (κ3) is 3.81. The summed E-state index contributed by atoms with van der Waals surface area (Å²) >= 11 is 0. The molecule has 2 N–H and O–H groups in total. The molecule has 0 radical (unpaired) electrons. The normalized spacial score (nSPS) is 23.6. The zero-order valence-electron chi connectivity index (χ0n) is 10.8. The Morgan fingerprint density at radius 1 is 1.61 bits per heavy atom. The smallest absolute Gasteiger partial charge is 0.240 e. The van der Waals surface area contributed by atoms with Crippen LogP contribution in [0.1, 0.15) is 26.2 Å². The third-order valence-electron chi connectivity index (χ3n) is 3.17. The molecule has 1 rings (SSSR count). The second kappa shape index (κ2) is 6.33. The zero-order valence-corrected chi connectivity index (χ0v) is 11.7. The molecule has 5 nitrogen and oxygen atoms in total. The lowest BCUT2D eigenvalue weighted by atomic mass is 10.1. The Kier molecular flexibility index (Phi) is 5.34. The predicted molar refractivity (Wildman–Crippen MR) is 71.9 cm³/mol. The van der Waals surface area contributed by atoms with Crippen molar-refractivity contribution in [2.24, 2.45) is 5.73 Å². The van der Waals surface area contributed by atoms with Crippen molar-refractivity contribution in [2.45, 2.75) is 38.3 Å². The Morgan fingerprint density at radius 3 is 2.72 bits per heavy atom. The van der Waals surface area contributed by atoms with E-state index in [9.17, 15) is 13.2 Å². The quantitative estimate of drug-likeness (QED) is 0.707. The van der Waals surface area contributed by atoms with Crippen LogP contribution in [-0.4, -0.2) is 49.4 Å². The number of carbonyl (C=O) groups excluding carboxylic acids is 1. The summed E-state index contributed by atoms with van der Waals surface area (Å²) in [5.41, 5.74) is 5.82. The van der Waals surface area contributed by atoms with E-state index in [1.54, 1.807) is 11.0 Å². The van der Waals surface area contributed by atoms with E-state index in [-0.39, 0.29) is 23.5 Å². The molecule has 1 aliphatic rings. The number of hydrogen-bond donors (Lipinski definition) is 1. The first-order chi connectivity index (χ1) is 8.41. The van der Waals surface area contributed by atoms with Gasteiger partial charge in [0.15, 0.2) is 9.84 Å². The SMILES string of the molecule is C=CCN(C(=O)C(N)CCC)C1CCS(=O)(=O)C1. The molecule has 6 heteroatoms. The fourth-order valence-electron chi connectivity index (χ4n) is 2.23. The molecule has 0 aliphatic carbocycles. The van der Waals surface area contributed by atoms with Crippen molar-refractivity contribution in [1.82, 2.24) is 4.90 Å². The fourth-order valence-corrected chi connectivity index (χ4v) is 3.96. The van der Waals surface area contributed by atoms with Gasteiger partial charge in [0.05, 0.1) is 17.5 Å². The van der Waals surface area contributed by atoms with Gasteiger partial charge in [-0.25, -0.2) is 8.42 Å². The van der Waals surface area contributed by atoms with Crippen LogP contribution in [0.3, 0.4) is 0 Å². The van der Waals surface area contributed by atoms with Crippen LogP contribution in [0.25, 0.3) is 0 Å². The first-order valence-electron chi connectivity index (χ1n) is 6.28. The van der Waals surface area contributed by atoms with Gasteiger partial charge in [0.2, 0.25) is 5.91 Å². The predicted octanol–water partition coefficient (Wildman–Crippen LogP) is 0.316. The van der Waals surface area contributed by atoms with E-state index in [1.165, 1.54) is 0 Å². The lowest BCUT2D eigenvalue weighted by Crippen LogP contribution is -2.49. The van der Waals surface area contributed by atoms with Gasteiger partial charge in [-0.1, -0.05) is 19.4 Å². The van der Waals surface area contributed by atoms with Gasteiger partial charge in [-0.05, 0) is 12.8 Å². The number of hydrogen-bond acceptors (Lipinski definition) is 4. The summed E-state index contributed by atoms with van der Waals surface area (Å²) in [6, 6.07) is -0.790. The van der Waals surface area contributed by atoms with Crippen LogP contribution in [0.4, 0.5) is 0 Å². The summed E-state index contributed by atoms with van der Waals surface area (Å²) in [6.07, 6.45) is 3.56. The third-order valence-corrected chi connectivity index (χ3v) is 4.93. The van der Waals surface area contributed by atoms with Crippen LogP contribution in [0.15, 0.2) is 12.7 Å². The number of nitrogens with two attached hydrogens (primary N) is 1. The van der Waals surface area contributed by atoms with E-state index in [1.807, 2.05) is 6.92 Å². The Morgan fingerprint density at radius 2 is 2.28 bits per heavy atom. The number of amides is 1. The molecule has 0 spiro atoms. The summed E-state index contributed by atoms with van der Waals surface area (Å²) in [7, 11) is -3.00. The Hall–Kier alpha value is -0.880. The van der Waals surface area contributed by atoms with Gasteiger partial charge in [-0.15, -0.1) is 6.58 Å². The molecular weight excluding hydrogens is 252 g/mol. The van der Waals surface area contributed by atoms with Crippen LogP contribution in [0.2, 0.25) is 0 Å². The minimum Gasteiger partial charge on any atom is -0.334 e. The van der Waals surface area contributed by atoms with Crippen molar-refractivity contribution in [3.05, 3.63) is 12.7 Å². The van der Waals surface area contributed by atoms with Crippen LogP contribution < -0.4 is 5.73 Å². The summed E-state index contributed by atoms with van der Waals surface area (Å²) in [5, 5.41) is 0. The molecule has 1 amide bonds. The highest BCUT2D eigenvalue weighted by Crippen LogP contribution is 2.19. The maximum atomic E-state index is 12.2. The van der Waals surface area contributed by atoms with Gasteiger partial charge in [-0.3, -0.25) is 4.79 Å². The summed E-state index contributed by atoms with van der Waals surface area (Å²) in [4.78, 5) is 13.7. The molecule has 2 atom stereocenters. The van der Waals surface area contributed by atoms with E-state index in [4.69, 9.17) is 5.73 Å². The molecule has 2 unspecified atom stereocenters. The van der Waals surface area contributed by atoms with Gasteiger partial charge < -0.3 is 10.6 Å². The van der Waals surface area contributed by atoms with Gasteiger partial charge in [0, 0.05) is 12.6 Å². The molecule has 1 heterocycles. The van der Waals surface area contributed by atoms with Crippen molar-refractivity contribution < 1.29 is 13.2 Å². The van der Waals surface area contributed by atoms with Crippen LogP contribution in [-0.2, 0) is 14.6 Å². The van der Waals surface area contributed by atoms with Crippen LogP contribution in [0.5, 0.6) is 0 Å². The molecule has 0 aromatic carbocycles. The molecule has 104 valence electrons. The van der Waals surface area contributed by atoms with Crippen molar-refractivity contribution in [2.75, 3.05) is 18.1 Å². The van der Waals surface area contributed by atoms with Gasteiger partial charge >= 0.3 is 0 Å². The highest BCUT2D eigenvalue weighted by atomic mass is 32.2. The maximum Gasteiger partial charge on any atom is 0.240 e.